The zero-order valence-electron chi connectivity index (χ0n) is 17.4. The summed E-state index contributed by atoms with van der Waals surface area (Å²) in [5, 5.41) is 12.9. The van der Waals surface area contributed by atoms with E-state index < -0.39 is 0 Å². The van der Waals surface area contributed by atoms with Gasteiger partial charge in [0.2, 0.25) is 0 Å². The Hall–Kier alpha value is -0.850. The normalized spacial score (nSPS) is 17.0. The van der Waals surface area contributed by atoms with Gasteiger partial charge in [-0.1, -0.05) is 13.8 Å². The minimum Gasteiger partial charge on any atom is -0.396 e. The average Bonchev–Trinajstić information content (AvgIpc) is 2.68. The van der Waals surface area contributed by atoms with E-state index in [0.717, 1.165) is 83.9 Å². The lowest BCUT2D eigenvalue weighted by atomic mass is 9.79. The van der Waals surface area contributed by atoms with Crippen LogP contribution in [0.5, 0.6) is 0 Å². The summed E-state index contributed by atoms with van der Waals surface area (Å²) in [5.41, 5.74) is 0.109. The third-order valence-corrected chi connectivity index (χ3v) is 5.63. The van der Waals surface area contributed by atoms with E-state index in [1.807, 2.05) is 0 Å². The van der Waals surface area contributed by atoms with Gasteiger partial charge in [-0.15, -0.1) is 0 Å². The maximum absolute atomic E-state index is 9.42. The number of aliphatic hydroxyl groups is 1. The molecule has 0 atom stereocenters. The summed E-state index contributed by atoms with van der Waals surface area (Å²) in [5.74, 6) is 1.01. The van der Waals surface area contributed by atoms with Crippen LogP contribution in [0.15, 0.2) is 4.99 Å². The highest BCUT2D eigenvalue weighted by atomic mass is 16.5. The fraction of sp³-hybridized carbons (Fsp3) is 0.950. The molecule has 1 fully saturated rings. The molecule has 0 spiro atoms. The lowest BCUT2D eigenvalue weighted by molar-refractivity contribution is 0.00985. The molecule has 0 amide bonds. The molecule has 0 aliphatic carbocycles. The zero-order valence-corrected chi connectivity index (χ0v) is 17.4. The van der Waals surface area contributed by atoms with Crippen molar-refractivity contribution in [3.8, 4) is 0 Å². The van der Waals surface area contributed by atoms with Crippen LogP contribution in [-0.2, 0) is 9.47 Å². The van der Waals surface area contributed by atoms with Crippen molar-refractivity contribution >= 4 is 5.96 Å². The Kier molecular flexibility index (Phi) is 11.9. The van der Waals surface area contributed by atoms with Gasteiger partial charge in [0.1, 0.15) is 0 Å². The van der Waals surface area contributed by atoms with Crippen molar-refractivity contribution in [1.82, 2.24) is 10.2 Å². The standard InChI is InChI=1S/C20H41N3O3/c1-5-20(6-2,11-14-24)17-22-19(21-7-3)23-12-9-18(10-13-23)26-16-8-15-25-4/h18,24H,5-17H2,1-4H3,(H,21,22). The molecule has 0 radical (unpaired) electrons. The van der Waals surface area contributed by atoms with Crippen LogP contribution in [0.2, 0.25) is 0 Å². The molecule has 1 heterocycles. The summed E-state index contributed by atoms with van der Waals surface area (Å²) in [6.45, 7) is 11.9. The number of likely N-dealkylation sites (tertiary alicyclic amines) is 1. The quantitative estimate of drug-likeness (QED) is 0.314. The fourth-order valence-electron chi connectivity index (χ4n) is 3.50. The summed E-state index contributed by atoms with van der Waals surface area (Å²) >= 11 is 0. The predicted molar refractivity (Wildman–Crippen MR) is 108 cm³/mol. The Bertz CT molecular complexity index is 378. The van der Waals surface area contributed by atoms with Crippen LogP contribution in [0.1, 0.15) is 59.3 Å². The third-order valence-electron chi connectivity index (χ3n) is 5.63. The van der Waals surface area contributed by atoms with Gasteiger partial charge in [0, 0.05) is 53.1 Å². The Morgan fingerprint density at radius 3 is 2.42 bits per heavy atom. The Morgan fingerprint density at radius 2 is 1.88 bits per heavy atom. The number of methoxy groups -OCH3 is 1. The molecule has 0 unspecified atom stereocenters. The van der Waals surface area contributed by atoms with E-state index in [2.05, 4.69) is 31.0 Å². The molecule has 6 heteroatoms. The second-order valence-corrected chi connectivity index (χ2v) is 7.25. The van der Waals surface area contributed by atoms with Crippen LogP contribution in [-0.4, -0.2) is 75.2 Å². The molecule has 154 valence electrons. The van der Waals surface area contributed by atoms with Crippen molar-refractivity contribution in [2.45, 2.75) is 65.4 Å². The summed E-state index contributed by atoms with van der Waals surface area (Å²) in [6.07, 6.45) is 6.31. The van der Waals surface area contributed by atoms with Crippen LogP contribution >= 0.6 is 0 Å². The smallest absolute Gasteiger partial charge is 0.193 e. The van der Waals surface area contributed by atoms with Crippen LogP contribution in [0.3, 0.4) is 0 Å². The van der Waals surface area contributed by atoms with Crippen LogP contribution in [0.4, 0.5) is 0 Å². The molecule has 6 nitrogen and oxygen atoms in total. The third kappa shape index (κ3) is 7.80. The Labute approximate surface area is 160 Å². The van der Waals surface area contributed by atoms with E-state index in [0.29, 0.717) is 6.10 Å². The van der Waals surface area contributed by atoms with E-state index in [9.17, 15) is 5.11 Å². The fourth-order valence-corrected chi connectivity index (χ4v) is 3.50. The van der Waals surface area contributed by atoms with Crippen molar-refractivity contribution in [3.63, 3.8) is 0 Å². The van der Waals surface area contributed by atoms with Crippen LogP contribution in [0.25, 0.3) is 0 Å². The lowest BCUT2D eigenvalue weighted by Gasteiger charge is -2.35. The van der Waals surface area contributed by atoms with E-state index in [-0.39, 0.29) is 12.0 Å². The molecule has 1 saturated heterocycles. The largest absolute Gasteiger partial charge is 0.396 e. The van der Waals surface area contributed by atoms with Gasteiger partial charge in [0.15, 0.2) is 5.96 Å². The number of hydrogen-bond acceptors (Lipinski definition) is 4. The van der Waals surface area contributed by atoms with Gasteiger partial charge in [-0.3, -0.25) is 4.99 Å². The molecular weight excluding hydrogens is 330 g/mol. The minimum absolute atomic E-state index is 0.109. The summed E-state index contributed by atoms with van der Waals surface area (Å²) in [7, 11) is 1.73. The van der Waals surface area contributed by atoms with Gasteiger partial charge in [0.05, 0.1) is 6.10 Å². The first-order valence-corrected chi connectivity index (χ1v) is 10.4. The second kappa shape index (κ2) is 13.3. The van der Waals surface area contributed by atoms with Gasteiger partial charge in [0.25, 0.3) is 0 Å². The molecule has 26 heavy (non-hydrogen) atoms. The SMILES string of the molecule is CCNC(=NCC(CC)(CC)CCO)N1CCC(OCCCOC)CC1. The number of hydrogen-bond donors (Lipinski definition) is 2. The molecule has 0 aromatic rings. The first-order valence-electron chi connectivity index (χ1n) is 10.4. The molecule has 1 aliphatic heterocycles. The first-order chi connectivity index (χ1) is 12.6. The number of rotatable bonds is 12. The van der Waals surface area contributed by atoms with Gasteiger partial charge < -0.3 is 24.8 Å². The lowest BCUT2D eigenvalue weighted by Crippen LogP contribution is -2.47. The number of aliphatic hydroxyl groups excluding tert-OH is 1. The molecule has 0 aromatic heterocycles. The Morgan fingerprint density at radius 1 is 1.19 bits per heavy atom. The van der Waals surface area contributed by atoms with E-state index in [1.165, 1.54) is 0 Å². The highest BCUT2D eigenvalue weighted by molar-refractivity contribution is 5.80. The van der Waals surface area contributed by atoms with Gasteiger partial charge in [-0.25, -0.2) is 0 Å². The minimum atomic E-state index is 0.109. The molecular formula is C20H41N3O3. The summed E-state index contributed by atoms with van der Waals surface area (Å²) in [6, 6.07) is 0. The number of guanidine groups is 1. The number of piperidine rings is 1. The first kappa shape index (κ1) is 23.2. The van der Waals surface area contributed by atoms with E-state index >= 15 is 0 Å². The van der Waals surface area contributed by atoms with Crippen LogP contribution < -0.4 is 5.32 Å². The summed E-state index contributed by atoms with van der Waals surface area (Å²) in [4.78, 5) is 7.30. The molecule has 0 bridgehead atoms. The maximum atomic E-state index is 9.42. The van der Waals surface area contributed by atoms with E-state index in [1.54, 1.807) is 7.11 Å². The molecule has 0 saturated carbocycles. The second-order valence-electron chi connectivity index (χ2n) is 7.25. The van der Waals surface area contributed by atoms with Crippen molar-refractivity contribution < 1.29 is 14.6 Å². The number of ether oxygens (including phenoxy) is 2. The predicted octanol–water partition coefficient (Wildman–Crippen LogP) is 2.66. The molecule has 1 rings (SSSR count). The van der Waals surface area contributed by atoms with Crippen molar-refractivity contribution in [3.05, 3.63) is 0 Å². The average molecular weight is 372 g/mol. The van der Waals surface area contributed by atoms with Gasteiger partial charge in [-0.05, 0) is 50.9 Å². The number of nitrogens with one attached hydrogen (secondary N) is 1. The summed E-state index contributed by atoms with van der Waals surface area (Å²) < 4.78 is 11.0. The zero-order chi connectivity index (χ0) is 19.3. The van der Waals surface area contributed by atoms with Crippen molar-refractivity contribution in [1.29, 1.82) is 0 Å². The monoisotopic (exact) mass is 371 g/mol. The molecule has 1 aliphatic rings. The van der Waals surface area contributed by atoms with Crippen LogP contribution in [0, 0.1) is 5.41 Å². The van der Waals surface area contributed by atoms with Gasteiger partial charge >= 0.3 is 0 Å². The van der Waals surface area contributed by atoms with E-state index in [4.69, 9.17) is 14.5 Å². The number of nitrogens with zero attached hydrogens (tertiary/aromatic N) is 2. The number of aliphatic imine (C=N–C) groups is 1. The Balaban J connectivity index is 2.56. The van der Waals surface area contributed by atoms with Crippen molar-refractivity contribution in [2.24, 2.45) is 10.4 Å². The topological polar surface area (TPSA) is 66.3 Å². The molecule has 0 aromatic carbocycles. The van der Waals surface area contributed by atoms with Crippen molar-refractivity contribution in [2.75, 3.05) is 53.1 Å². The van der Waals surface area contributed by atoms with Gasteiger partial charge in [-0.2, -0.15) is 0 Å². The maximum Gasteiger partial charge on any atom is 0.193 e. The highest BCUT2D eigenvalue weighted by Gasteiger charge is 2.27. The molecule has 2 N–H and O–H groups in total. The highest BCUT2D eigenvalue weighted by Crippen LogP contribution is 2.30.